The van der Waals surface area contributed by atoms with E-state index >= 15 is 0 Å². The van der Waals surface area contributed by atoms with Gasteiger partial charge in [-0.05, 0) is 19.4 Å². The normalized spacial score (nSPS) is 12.4. The minimum atomic E-state index is -1.17. The lowest BCUT2D eigenvalue weighted by atomic mass is 9.91. The lowest BCUT2D eigenvalue weighted by Crippen LogP contribution is -2.42. The summed E-state index contributed by atoms with van der Waals surface area (Å²) in [5, 5.41) is 17.6. The molecule has 0 heterocycles. The van der Waals surface area contributed by atoms with E-state index in [1.165, 1.54) is 0 Å². The zero-order chi connectivity index (χ0) is 24.6. The van der Waals surface area contributed by atoms with Gasteiger partial charge in [0.2, 0.25) is 11.8 Å². The molecule has 4 N–H and O–H groups in total. The molecule has 0 aromatic heterocycles. The second kappa shape index (κ2) is 16.6. The van der Waals surface area contributed by atoms with Crippen molar-refractivity contribution in [2.24, 2.45) is 5.41 Å². The van der Waals surface area contributed by atoms with E-state index < -0.39 is 17.4 Å². The van der Waals surface area contributed by atoms with Crippen LogP contribution in [0.15, 0.2) is 0 Å². The van der Waals surface area contributed by atoms with Gasteiger partial charge in [0.1, 0.15) is 12.6 Å². The van der Waals surface area contributed by atoms with Crippen molar-refractivity contribution in [2.45, 2.75) is 72.4 Å². The number of carbonyl (C=O) groups excluding carboxylic acids is 3. The zero-order valence-electron chi connectivity index (χ0n) is 20.1. The summed E-state index contributed by atoms with van der Waals surface area (Å²) in [5.74, 6) is -1.81. The van der Waals surface area contributed by atoms with Crippen molar-refractivity contribution in [1.82, 2.24) is 16.0 Å². The number of rotatable bonds is 18. The molecule has 32 heavy (non-hydrogen) atoms. The number of carboxylic acids is 1. The highest BCUT2D eigenvalue weighted by Gasteiger charge is 2.21. The van der Waals surface area contributed by atoms with Crippen LogP contribution in [0.4, 0.5) is 0 Å². The van der Waals surface area contributed by atoms with E-state index in [4.69, 9.17) is 9.47 Å². The van der Waals surface area contributed by atoms with Gasteiger partial charge in [-0.15, -0.1) is 0 Å². The Morgan fingerprint density at radius 2 is 1.56 bits per heavy atom. The molecule has 0 fully saturated rings. The van der Waals surface area contributed by atoms with Crippen molar-refractivity contribution in [3.63, 3.8) is 0 Å². The monoisotopic (exact) mass is 459 g/mol. The minimum Gasteiger partial charge on any atom is -0.480 e. The lowest BCUT2D eigenvalue weighted by Gasteiger charge is -2.16. The molecule has 0 aliphatic heterocycles. The molecule has 0 radical (unpaired) electrons. The highest BCUT2D eigenvalue weighted by atomic mass is 16.5. The Kier molecular flexibility index (Phi) is 15.5. The van der Waals surface area contributed by atoms with Crippen LogP contribution in [-0.4, -0.2) is 80.3 Å². The molecule has 0 aliphatic rings. The molecule has 186 valence electrons. The summed E-state index contributed by atoms with van der Waals surface area (Å²) < 4.78 is 10.6. The lowest BCUT2D eigenvalue weighted by molar-refractivity contribution is -0.142. The summed E-state index contributed by atoms with van der Waals surface area (Å²) in [5.41, 5.74) is -0.432. The molecular weight excluding hydrogens is 418 g/mol. The number of ketones is 1. The molecule has 0 aromatic rings. The average molecular weight is 460 g/mol. The highest BCUT2D eigenvalue weighted by Crippen LogP contribution is 2.14. The largest absolute Gasteiger partial charge is 0.480 e. The van der Waals surface area contributed by atoms with Crippen molar-refractivity contribution < 1.29 is 33.8 Å². The summed E-state index contributed by atoms with van der Waals surface area (Å²) in [7, 11) is 0. The van der Waals surface area contributed by atoms with Crippen LogP contribution in [0.1, 0.15) is 60.3 Å². The van der Waals surface area contributed by atoms with Crippen LogP contribution in [0.2, 0.25) is 0 Å². The van der Waals surface area contributed by atoms with Crippen molar-refractivity contribution in [1.29, 1.82) is 0 Å². The van der Waals surface area contributed by atoms with Crippen molar-refractivity contribution >= 4 is 23.6 Å². The Balaban J connectivity index is 3.89. The number of amides is 2. The molecule has 0 aromatic carbocycles. The molecule has 0 spiro atoms. The number of carboxylic acid groups (broad SMARTS) is 1. The first kappa shape index (κ1) is 30.0. The van der Waals surface area contributed by atoms with Crippen LogP contribution < -0.4 is 16.0 Å². The van der Waals surface area contributed by atoms with Gasteiger partial charge in [0.05, 0.1) is 19.8 Å². The van der Waals surface area contributed by atoms with Crippen LogP contribution in [0.25, 0.3) is 0 Å². The maximum Gasteiger partial charge on any atom is 0.326 e. The molecule has 2 amide bonds. The van der Waals surface area contributed by atoms with Gasteiger partial charge >= 0.3 is 5.97 Å². The van der Waals surface area contributed by atoms with E-state index in [0.717, 1.165) is 0 Å². The number of ether oxygens (including phenoxy) is 2. The molecule has 0 unspecified atom stereocenters. The van der Waals surface area contributed by atoms with Gasteiger partial charge in [0.15, 0.2) is 5.78 Å². The molecule has 10 heteroatoms. The summed E-state index contributed by atoms with van der Waals surface area (Å²) >= 11 is 0. The molecule has 1 atom stereocenters. The van der Waals surface area contributed by atoms with Gasteiger partial charge in [0.25, 0.3) is 0 Å². The fourth-order valence-corrected chi connectivity index (χ4v) is 2.39. The fourth-order valence-electron chi connectivity index (χ4n) is 2.39. The Morgan fingerprint density at radius 3 is 2.16 bits per heavy atom. The van der Waals surface area contributed by atoms with Crippen LogP contribution in [0.3, 0.4) is 0 Å². The van der Waals surface area contributed by atoms with Crippen molar-refractivity contribution in [3.05, 3.63) is 0 Å². The Hall–Kier alpha value is -2.04. The van der Waals surface area contributed by atoms with Gasteiger partial charge in [0, 0.05) is 30.8 Å². The topological polar surface area (TPSA) is 143 Å². The summed E-state index contributed by atoms with van der Waals surface area (Å²) in [6.45, 7) is 11.3. The average Bonchev–Trinajstić information content (AvgIpc) is 2.69. The van der Waals surface area contributed by atoms with E-state index in [0.29, 0.717) is 25.6 Å². The van der Waals surface area contributed by atoms with Gasteiger partial charge in [-0.2, -0.15) is 0 Å². The molecule has 10 nitrogen and oxygen atoms in total. The molecule has 0 saturated carbocycles. The predicted octanol–water partition coefficient (Wildman–Crippen LogP) is 0.879. The Labute approximate surface area is 191 Å². The third-order valence-electron chi connectivity index (χ3n) is 4.44. The van der Waals surface area contributed by atoms with E-state index in [1.54, 1.807) is 0 Å². The van der Waals surface area contributed by atoms with E-state index in [-0.39, 0.29) is 63.2 Å². The molecular formula is C22H41N3O7. The fraction of sp³-hybridized carbons (Fsp3) is 0.818. The van der Waals surface area contributed by atoms with Crippen molar-refractivity contribution in [3.8, 4) is 0 Å². The van der Waals surface area contributed by atoms with Gasteiger partial charge in [-0.1, -0.05) is 34.6 Å². The molecule has 0 saturated heterocycles. The van der Waals surface area contributed by atoms with Crippen LogP contribution in [-0.2, 0) is 28.7 Å². The highest BCUT2D eigenvalue weighted by molar-refractivity contribution is 5.85. The second-order valence-corrected chi connectivity index (χ2v) is 8.90. The molecule has 0 bridgehead atoms. The zero-order valence-corrected chi connectivity index (χ0v) is 20.1. The number of Topliss-reactive ketones (excluding diaryl/α,β-unsaturated/α-hetero) is 1. The first-order chi connectivity index (χ1) is 14.9. The summed E-state index contributed by atoms with van der Waals surface area (Å²) in [6.07, 6.45) is 0.813. The van der Waals surface area contributed by atoms with E-state index in [2.05, 4.69) is 16.0 Å². The molecule has 0 aliphatic carbocycles. The smallest absolute Gasteiger partial charge is 0.326 e. The first-order valence-corrected chi connectivity index (χ1v) is 11.1. The van der Waals surface area contributed by atoms with E-state index in [9.17, 15) is 24.3 Å². The SMILES string of the molecule is CC(C)NCCCC(=O)N[C@@H](CCC(=O)NCCOCCOCC(=O)C(C)(C)C)C(=O)O. The van der Waals surface area contributed by atoms with E-state index in [1.807, 2.05) is 34.6 Å². The predicted molar refractivity (Wildman–Crippen MR) is 120 cm³/mol. The number of aliphatic carboxylic acids is 1. The van der Waals surface area contributed by atoms with Gasteiger partial charge < -0.3 is 30.5 Å². The van der Waals surface area contributed by atoms with Gasteiger partial charge in [-0.25, -0.2) is 4.79 Å². The van der Waals surface area contributed by atoms with Crippen LogP contribution in [0.5, 0.6) is 0 Å². The quantitative estimate of drug-likeness (QED) is 0.221. The van der Waals surface area contributed by atoms with Crippen LogP contribution in [0, 0.1) is 5.41 Å². The third kappa shape index (κ3) is 16.6. The molecule has 0 rings (SSSR count). The second-order valence-electron chi connectivity index (χ2n) is 8.90. The Morgan fingerprint density at radius 1 is 0.906 bits per heavy atom. The number of nitrogens with one attached hydrogen (secondary N) is 3. The maximum absolute atomic E-state index is 11.9. The van der Waals surface area contributed by atoms with Gasteiger partial charge in [-0.3, -0.25) is 14.4 Å². The Bertz CT molecular complexity index is 589. The third-order valence-corrected chi connectivity index (χ3v) is 4.44. The number of carbonyl (C=O) groups is 4. The van der Waals surface area contributed by atoms with Crippen LogP contribution >= 0.6 is 0 Å². The maximum atomic E-state index is 11.9. The first-order valence-electron chi connectivity index (χ1n) is 11.1. The summed E-state index contributed by atoms with van der Waals surface area (Å²) in [4.78, 5) is 46.8. The number of hydrogen-bond acceptors (Lipinski definition) is 7. The minimum absolute atomic E-state index is 0.00759. The summed E-state index contributed by atoms with van der Waals surface area (Å²) in [6, 6.07) is -0.776. The van der Waals surface area contributed by atoms with Crippen molar-refractivity contribution in [2.75, 3.05) is 39.5 Å². The number of hydrogen-bond donors (Lipinski definition) is 4. The standard InChI is InChI=1S/C22H41N3O7/c1-16(2)23-10-6-7-20(28)25-17(21(29)30)8-9-19(27)24-11-12-31-13-14-32-15-18(26)22(3,4)5/h16-17,23H,6-15H2,1-5H3,(H,24,27)(H,25,28)(H,29,30)/t17-/m0/s1.